The highest BCUT2D eigenvalue weighted by Crippen LogP contribution is 2.13. The van der Waals surface area contributed by atoms with Gasteiger partial charge in [0.2, 0.25) is 0 Å². The zero-order valence-corrected chi connectivity index (χ0v) is 44.8. The summed E-state index contributed by atoms with van der Waals surface area (Å²) >= 11 is 0. The van der Waals surface area contributed by atoms with Gasteiger partial charge in [-0.1, -0.05) is 214 Å². The van der Waals surface area contributed by atoms with Gasteiger partial charge in [0.05, 0.1) is 0 Å². The van der Waals surface area contributed by atoms with Crippen LogP contribution in [0.15, 0.2) is 109 Å². The van der Waals surface area contributed by atoms with Gasteiger partial charge in [-0.3, -0.25) is 14.4 Å². The Morgan fingerprint density at radius 3 is 0.899 bits per heavy atom. The molecule has 0 saturated heterocycles. The normalized spacial score (nSPS) is 12.9. The van der Waals surface area contributed by atoms with E-state index >= 15 is 0 Å². The Kier molecular flexibility index (Phi) is 53.4. The zero-order chi connectivity index (χ0) is 50.0. The van der Waals surface area contributed by atoms with Gasteiger partial charge in [-0.25, -0.2) is 0 Å². The van der Waals surface area contributed by atoms with E-state index in [4.69, 9.17) is 14.2 Å². The van der Waals surface area contributed by atoms with Gasteiger partial charge >= 0.3 is 17.9 Å². The first-order chi connectivity index (χ1) is 34.0. The molecule has 0 N–H and O–H groups in total. The van der Waals surface area contributed by atoms with Crippen LogP contribution in [0.2, 0.25) is 0 Å². The molecule has 0 radical (unpaired) electrons. The van der Waals surface area contributed by atoms with Crippen LogP contribution in [0.3, 0.4) is 0 Å². The molecule has 0 unspecified atom stereocenters. The van der Waals surface area contributed by atoms with Crippen molar-refractivity contribution < 1.29 is 28.6 Å². The Hall–Kier alpha value is -3.93. The molecule has 0 aliphatic rings. The monoisotopic (exact) mass is 957 g/mol. The van der Waals surface area contributed by atoms with E-state index in [2.05, 4.69) is 130 Å². The van der Waals surface area contributed by atoms with E-state index in [9.17, 15) is 14.4 Å². The quantitative estimate of drug-likeness (QED) is 0.0262. The summed E-state index contributed by atoms with van der Waals surface area (Å²) < 4.78 is 16.8. The predicted molar refractivity (Wildman–Crippen MR) is 297 cm³/mol. The van der Waals surface area contributed by atoms with Crippen molar-refractivity contribution in [2.75, 3.05) is 13.2 Å². The topological polar surface area (TPSA) is 78.9 Å². The molecular formula is C63H104O6. The number of hydrogen-bond donors (Lipinski definition) is 0. The Labute approximate surface area is 425 Å². The average molecular weight is 958 g/mol. The molecule has 0 aliphatic heterocycles. The molecule has 0 amide bonds. The minimum atomic E-state index is -0.824. The fourth-order valence-electron chi connectivity index (χ4n) is 7.41. The van der Waals surface area contributed by atoms with Crippen LogP contribution in [0.25, 0.3) is 0 Å². The lowest BCUT2D eigenvalue weighted by atomic mass is 10.1. The summed E-state index contributed by atoms with van der Waals surface area (Å²) in [4.78, 5) is 38.1. The standard InChI is InChI=1S/C63H104O6/c1-4-7-10-13-16-19-22-25-28-30-31-33-36-38-41-44-47-50-53-56-62(65)68-59-60(69-63(66)57-54-51-48-45-42-39-34-27-24-21-18-15-12-9-6-3)58-67-61(64)55-52-49-46-43-40-37-35-32-29-26-23-20-17-14-11-8-5-2/h16-21,25-29,34-35,37,42-43,45-46,60H,4-15,22-24,30-33,36,38-41,44,47-59H2,1-3H3/b19-16-,20-17-,21-18-,28-25-,29-26-,34-27-,37-35-,45-42-,46-43-/t60-/m0/s1. The molecular weight excluding hydrogens is 853 g/mol. The van der Waals surface area contributed by atoms with Crippen molar-refractivity contribution in [3.05, 3.63) is 109 Å². The van der Waals surface area contributed by atoms with E-state index in [-0.39, 0.29) is 44.0 Å². The number of rotatable bonds is 50. The Morgan fingerprint density at radius 1 is 0.290 bits per heavy atom. The molecule has 0 bridgehead atoms. The summed E-state index contributed by atoms with van der Waals surface area (Å²) in [5.74, 6) is -1.02. The van der Waals surface area contributed by atoms with Crippen LogP contribution < -0.4 is 0 Å². The molecule has 0 aromatic rings. The second-order valence-electron chi connectivity index (χ2n) is 18.5. The molecule has 0 saturated carbocycles. The van der Waals surface area contributed by atoms with Gasteiger partial charge in [0.25, 0.3) is 0 Å². The largest absolute Gasteiger partial charge is 0.462 e. The number of carbonyl (C=O) groups excluding carboxylic acids is 3. The maximum absolute atomic E-state index is 12.8. The van der Waals surface area contributed by atoms with Crippen molar-refractivity contribution in [2.24, 2.45) is 0 Å². The number of unbranched alkanes of at least 4 members (excludes halogenated alkanes) is 21. The minimum absolute atomic E-state index is 0.114. The number of ether oxygens (including phenoxy) is 3. The number of allylic oxidation sites excluding steroid dienone is 18. The minimum Gasteiger partial charge on any atom is -0.462 e. The molecule has 0 spiro atoms. The second kappa shape index (κ2) is 56.7. The summed E-state index contributed by atoms with van der Waals surface area (Å²) in [5.41, 5.74) is 0. The number of esters is 3. The smallest absolute Gasteiger partial charge is 0.306 e. The molecule has 392 valence electrons. The van der Waals surface area contributed by atoms with E-state index in [1.165, 1.54) is 122 Å². The lowest BCUT2D eigenvalue weighted by Gasteiger charge is -2.18. The van der Waals surface area contributed by atoms with Gasteiger partial charge in [0.15, 0.2) is 6.10 Å². The van der Waals surface area contributed by atoms with Gasteiger partial charge in [0, 0.05) is 19.3 Å². The second-order valence-corrected chi connectivity index (χ2v) is 18.5. The first-order valence-electron chi connectivity index (χ1n) is 28.4. The first kappa shape index (κ1) is 65.1. The summed E-state index contributed by atoms with van der Waals surface area (Å²) in [6, 6.07) is 0. The molecule has 6 heteroatoms. The summed E-state index contributed by atoms with van der Waals surface area (Å²) in [7, 11) is 0. The Morgan fingerprint density at radius 2 is 0.536 bits per heavy atom. The van der Waals surface area contributed by atoms with Crippen LogP contribution in [0.5, 0.6) is 0 Å². The molecule has 69 heavy (non-hydrogen) atoms. The highest BCUT2D eigenvalue weighted by molar-refractivity contribution is 5.71. The van der Waals surface area contributed by atoms with Crippen molar-refractivity contribution in [3.63, 3.8) is 0 Å². The summed E-state index contributed by atoms with van der Waals surface area (Å²) in [6.45, 7) is 6.47. The molecule has 0 aromatic carbocycles. The van der Waals surface area contributed by atoms with Crippen molar-refractivity contribution in [1.82, 2.24) is 0 Å². The van der Waals surface area contributed by atoms with E-state index in [0.717, 1.165) is 77.0 Å². The van der Waals surface area contributed by atoms with Gasteiger partial charge in [-0.2, -0.15) is 0 Å². The van der Waals surface area contributed by atoms with Crippen LogP contribution in [0, 0.1) is 0 Å². The highest BCUT2D eigenvalue weighted by Gasteiger charge is 2.19. The van der Waals surface area contributed by atoms with E-state index < -0.39 is 6.10 Å². The average Bonchev–Trinajstić information content (AvgIpc) is 3.35. The van der Waals surface area contributed by atoms with Crippen LogP contribution in [0.1, 0.15) is 252 Å². The van der Waals surface area contributed by atoms with Crippen LogP contribution in [-0.4, -0.2) is 37.2 Å². The predicted octanol–water partition coefficient (Wildman–Crippen LogP) is 19.1. The summed E-state index contributed by atoms with van der Waals surface area (Å²) in [5, 5.41) is 0. The number of hydrogen-bond acceptors (Lipinski definition) is 6. The third kappa shape index (κ3) is 54.9. The Balaban J connectivity index is 4.52. The molecule has 0 aliphatic carbocycles. The Bertz CT molecular complexity index is 1420. The highest BCUT2D eigenvalue weighted by atomic mass is 16.6. The first-order valence-corrected chi connectivity index (χ1v) is 28.4. The van der Waals surface area contributed by atoms with E-state index in [1.54, 1.807) is 0 Å². The maximum Gasteiger partial charge on any atom is 0.306 e. The van der Waals surface area contributed by atoms with Crippen LogP contribution in [0.4, 0.5) is 0 Å². The van der Waals surface area contributed by atoms with Gasteiger partial charge in [0.1, 0.15) is 13.2 Å². The lowest BCUT2D eigenvalue weighted by molar-refractivity contribution is -0.167. The molecule has 0 heterocycles. The van der Waals surface area contributed by atoms with E-state index in [1.807, 2.05) is 0 Å². The molecule has 0 fully saturated rings. The third-order valence-electron chi connectivity index (χ3n) is 11.7. The maximum atomic E-state index is 12.8. The van der Waals surface area contributed by atoms with E-state index in [0.29, 0.717) is 19.3 Å². The molecule has 0 rings (SSSR count). The van der Waals surface area contributed by atoms with Crippen molar-refractivity contribution in [1.29, 1.82) is 0 Å². The van der Waals surface area contributed by atoms with Gasteiger partial charge in [-0.15, -0.1) is 0 Å². The zero-order valence-electron chi connectivity index (χ0n) is 44.8. The van der Waals surface area contributed by atoms with Crippen molar-refractivity contribution >= 4 is 17.9 Å². The molecule has 0 aromatic heterocycles. The fourth-order valence-corrected chi connectivity index (χ4v) is 7.41. The number of carbonyl (C=O) groups is 3. The fraction of sp³-hybridized carbons (Fsp3) is 0.667. The lowest BCUT2D eigenvalue weighted by Crippen LogP contribution is -2.30. The SMILES string of the molecule is CCCCC/C=C\C/C=C\C/C=C\C/C=C\CCCC(=O)OC[C@@H](COC(=O)CCCCCCCCCCC/C=C\C/C=C\CCCCC)OC(=O)CCCC/C=C\C/C=C\C/C=C\CCCCC. The van der Waals surface area contributed by atoms with Crippen LogP contribution in [-0.2, 0) is 28.6 Å². The van der Waals surface area contributed by atoms with Gasteiger partial charge < -0.3 is 14.2 Å². The van der Waals surface area contributed by atoms with Gasteiger partial charge in [-0.05, 0) is 128 Å². The van der Waals surface area contributed by atoms with Crippen molar-refractivity contribution in [2.45, 2.75) is 258 Å². The molecule has 6 nitrogen and oxygen atoms in total. The van der Waals surface area contributed by atoms with Crippen LogP contribution >= 0.6 is 0 Å². The van der Waals surface area contributed by atoms with Crippen molar-refractivity contribution in [3.8, 4) is 0 Å². The molecule has 1 atom stereocenters. The third-order valence-corrected chi connectivity index (χ3v) is 11.7. The summed E-state index contributed by atoms with van der Waals surface area (Å²) in [6.07, 6.45) is 76.5.